The Labute approximate surface area is 114 Å². The fourth-order valence-corrected chi connectivity index (χ4v) is 3.15. The molecule has 0 saturated heterocycles. The van der Waals surface area contributed by atoms with Gasteiger partial charge in [0, 0.05) is 0 Å². The fraction of sp³-hybridized carbons (Fsp3) is 0.562. The molecule has 1 aliphatic rings. The Hall–Kier alpha value is -1.35. The van der Waals surface area contributed by atoms with E-state index in [1.165, 1.54) is 36.8 Å². The molecule has 1 heterocycles. The summed E-state index contributed by atoms with van der Waals surface area (Å²) in [6.07, 6.45) is 6.51. The Morgan fingerprint density at radius 1 is 1.26 bits per heavy atom. The molecule has 0 spiro atoms. The molecule has 1 atom stereocenters. The lowest BCUT2D eigenvalue weighted by Gasteiger charge is -2.18. The molecule has 1 aromatic heterocycles. The van der Waals surface area contributed by atoms with Gasteiger partial charge in [0.1, 0.15) is 0 Å². The molecule has 1 aromatic carbocycles. The number of imidazole rings is 1. The van der Waals surface area contributed by atoms with E-state index < -0.39 is 0 Å². The minimum atomic E-state index is -0.235. The van der Waals surface area contributed by atoms with Gasteiger partial charge in [-0.3, -0.25) is 0 Å². The van der Waals surface area contributed by atoms with Gasteiger partial charge in [-0.25, -0.2) is 4.98 Å². The lowest BCUT2D eigenvalue weighted by atomic mass is 10.0. The number of aliphatic hydroxyl groups is 1. The number of hydrogen-bond donors (Lipinski definition) is 1. The van der Waals surface area contributed by atoms with Crippen molar-refractivity contribution in [2.45, 2.75) is 52.2 Å². The maximum Gasteiger partial charge on any atom is 0.0959 e. The molecule has 19 heavy (non-hydrogen) atoms. The number of nitrogens with zero attached hydrogens (tertiary/aromatic N) is 2. The highest BCUT2D eigenvalue weighted by Gasteiger charge is 2.23. The van der Waals surface area contributed by atoms with E-state index >= 15 is 0 Å². The molecular weight excluding hydrogens is 236 g/mol. The number of aromatic nitrogens is 2. The molecule has 0 bridgehead atoms. The Balaban J connectivity index is 1.86. The lowest BCUT2D eigenvalue weighted by molar-refractivity contribution is 0.0941. The van der Waals surface area contributed by atoms with Crippen LogP contribution in [0.1, 0.15) is 36.8 Å². The van der Waals surface area contributed by atoms with Crippen LogP contribution in [0.25, 0.3) is 11.0 Å². The third-order valence-corrected chi connectivity index (χ3v) is 4.56. The quantitative estimate of drug-likeness (QED) is 0.918. The van der Waals surface area contributed by atoms with Crippen LogP contribution in [0.15, 0.2) is 18.5 Å². The van der Waals surface area contributed by atoms with E-state index in [0.29, 0.717) is 12.5 Å². The fourth-order valence-electron chi connectivity index (χ4n) is 3.15. The molecule has 3 nitrogen and oxygen atoms in total. The van der Waals surface area contributed by atoms with Crippen molar-refractivity contribution in [3.05, 3.63) is 29.6 Å². The number of aliphatic hydroxyl groups excluding tert-OH is 1. The molecule has 102 valence electrons. The van der Waals surface area contributed by atoms with E-state index in [2.05, 4.69) is 35.5 Å². The predicted molar refractivity (Wildman–Crippen MR) is 77.2 cm³/mol. The van der Waals surface area contributed by atoms with Crippen LogP contribution in [0.5, 0.6) is 0 Å². The van der Waals surface area contributed by atoms with Crippen molar-refractivity contribution in [3.8, 4) is 0 Å². The van der Waals surface area contributed by atoms with Gasteiger partial charge in [0.05, 0.1) is 30.0 Å². The van der Waals surface area contributed by atoms with Crippen molar-refractivity contribution in [1.29, 1.82) is 0 Å². The van der Waals surface area contributed by atoms with Crippen molar-refractivity contribution in [3.63, 3.8) is 0 Å². The van der Waals surface area contributed by atoms with Crippen LogP contribution >= 0.6 is 0 Å². The van der Waals surface area contributed by atoms with Gasteiger partial charge in [0.2, 0.25) is 0 Å². The van der Waals surface area contributed by atoms with E-state index in [1.807, 2.05) is 6.33 Å². The molecule has 0 aliphatic heterocycles. The summed E-state index contributed by atoms with van der Waals surface area (Å²) >= 11 is 0. The van der Waals surface area contributed by atoms with Gasteiger partial charge in [-0.2, -0.15) is 0 Å². The summed E-state index contributed by atoms with van der Waals surface area (Å²) in [4.78, 5) is 4.45. The van der Waals surface area contributed by atoms with Crippen LogP contribution in [0, 0.1) is 19.8 Å². The summed E-state index contributed by atoms with van der Waals surface area (Å²) < 4.78 is 2.10. The van der Waals surface area contributed by atoms with Gasteiger partial charge in [-0.05, 0) is 55.9 Å². The van der Waals surface area contributed by atoms with Crippen molar-refractivity contribution < 1.29 is 5.11 Å². The SMILES string of the molecule is Cc1cc2ncn(CC(O)C3CCCC3)c2cc1C. The second-order valence-electron chi connectivity index (χ2n) is 5.93. The predicted octanol–water partition coefficient (Wildman–Crippen LogP) is 3.20. The molecule has 1 fully saturated rings. The van der Waals surface area contributed by atoms with Crippen molar-refractivity contribution >= 4 is 11.0 Å². The Morgan fingerprint density at radius 3 is 2.68 bits per heavy atom. The molecular formula is C16H22N2O. The Bertz CT molecular complexity index is 582. The first-order valence-corrected chi connectivity index (χ1v) is 7.25. The highest BCUT2D eigenvalue weighted by molar-refractivity contribution is 5.77. The molecule has 3 heteroatoms. The number of aryl methyl sites for hydroxylation is 2. The lowest BCUT2D eigenvalue weighted by Crippen LogP contribution is -2.23. The van der Waals surface area contributed by atoms with E-state index in [-0.39, 0.29) is 6.10 Å². The normalized spacial score (nSPS) is 18.3. The summed E-state index contributed by atoms with van der Waals surface area (Å²) in [6.45, 7) is 4.91. The van der Waals surface area contributed by atoms with Crippen molar-refractivity contribution in [2.75, 3.05) is 0 Å². The third-order valence-electron chi connectivity index (χ3n) is 4.56. The highest BCUT2D eigenvalue weighted by atomic mass is 16.3. The average Bonchev–Trinajstić information content (AvgIpc) is 3.01. The summed E-state index contributed by atoms with van der Waals surface area (Å²) in [5, 5.41) is 10.4. The molecule has 1 unspecified atom stereocenters. The first kappa shape index (κ1) is 12.7. The van der Waals surface area contributed by atoms with Gasteiger partial charge in [-0.1, -0.05) is 12.8 Å². The maximum atomic E-state index is 10.4. The monoisotopic (exact) mass is 258 g/mol. The second kappa shape index (κ2) is 4.97. The molecule has 1 aliphatic carbocycles. The molecule has 2 aromatic rings. The first-order chi connectivity index (χ1) is 9.15. The number of benzene rings is 1. The van der Waals surface area contributed by atoms with Crippen LogP contribution in [-0.2, 0) is 6.54 Å². The molecule has 0 radical (unpaired) electrons. The number of rotatable bonds is 3. The van der Waals surface area contributed by atoms with Crippen LogP contribution in [0.2, 0.25) is 0 Å². The van der Waals surface area contributed by atoms with Gasteiger partial charge in [-0.15, -0.1) is 0 Å². The van der Waals surface area contributed by atoms with Crippen molar-refractivity contribution in [1.82, 2.24) is 9.55 Å². The number of fused-ring (bicyclic) bond motifs is 1. The zero-order chi connectivity index (χ0) is 13.4. The topological polar surface area (TPSA) is 38.0 Å². The van der Waals surface area contributed by atoms with Gasteiger partial charge >= 0.3 is 0 Å². The van der Waals surface area contributed by atoms with Crippen LogP contribution < -0.4 is 0 Å². The minimum absolute atomic E-state index is 0.235. The summed E-state index contributed by atoms with van der Waals surface area (Å²) in [5.41, 5.74) is 4.72. The summed E-state index contributed by atoms with van der Waals surface area (Å²) in [7, 11) is 0. The van der Waals surface area contributed by atoms with E-state index in [4.69, 9.17) is 0 Å². The number of hydrogen-bond acceptors (Lipinski definition) is 2. The summed E-state index contributed by atoms with van der Waals surface area (Å²) in [5.74, 6) is 0.476. The van der Waals surface area contributed by atoms with Crippen LogP contribution in [0.3, 0.4) is 0 Å². The van der Waals surface area contributed by atoms with Crippen LogP contribution in [-0.4, -0.2) is 20.8 Å². The molecule has 0 amide bonds. The largest absolute Gasteiger partial charge is 0.391 e. The summed E-state index contributed by atoms with van der Waals surface area (Å²) in [6, 6.07) is 4.31. The van der Waals surface area contributed by atoms with Crippen molar-refractivity contribution in [2.24, 2.45) is 5.92 Å². The second-order valence-corrected chi connectivity index (χ2v) is 5.93. The molecule has 3 rings (SSSR count). The Kier molecular flexibility index (Phi) is 3.31. The van der Waals surface area contributed by atoms with Gasteiger partial charge in [0.15, 0.2) is 0 Å². The Morgan fingerprint density at radius 2 is 1.95 bits per heavy atom. The maximum absolute atomic E-state index is 10.4. The van der Waals surface area contributed by atoms with Crippen LogP contribution in [0.4, 0.5) is 0 Å². The van der Waals surface area contributed by atoms with E-state index in [9.17, 15) is 5.11 Å². The minimum Gasteiger partial charge on any atom is -0.391 e. The molecule has 1 N–H and O–H groups in total. The first-order valence-electron chi connectivity index (χ1n) is 7.25. The zero-order valence-electron chi connectivity index (χ0n) is 11.8. The zero-order valence-corrected chi connectivity index (χ0v) is 11.8. The standard InChI is InChI=1S/C16H22N2O/c1-11-7-14-15(8-12(11)2)18(10-17-14)9-16(19)13-5-3-4-6-13/h7-8,10,13,16,19H,3-6,9H2,1-2H3. The average molecular weight is 258 g/mol. The third kappa shape index (κ3) is 2.39. The van der Waals surface area contributed by atoms with E-state index in [1.54, 1.807) is 0 Å². The highest BCUT2D eigenvalue weighted by Crippen LogP contribution is 2.29. The van der Waals surface area contributed by atoms with Gasteiger partial charge in [0.25, 0.3) is 0 Å². The van der Waals surface area contributed by atoms with Gasteiger partial charge < -0.3 is 9.67 Å². The molecule has 1 saturated carbocycles. The van der Waals surface area contributed by atoms with E-state index in [0.717, 1.165) is 11.0 Å². The smallest absolute Gasteiger partial charge is 0.0959 e.